The second kappa shape index (κ2) is 3.77. The van der Waals surface area contributed by atoms with E-state index in [1.165, 1.54) is 0 Å². The third-order valence-corrected chi connectivity index (χ3v) is 3.24. The van der Waals surface area contributed by atoms with Crippen molar-refractivity contribution in [2.45, 2.75) is 39.2 Å². The van der Waals surface area contributed by atoms with Gasteiger partial charge in [0.05, 0.1) is 0 Å². The number of amides is 1. The number of carbonyl (C=O) groups excluding carboxylic acids is 1. The van der Waals surface area contributed by atoms with Gasteiger partial charge in [0.2, 0.25) is 5.91 Å². The molecular weight excluding hydrogens is 218 g/mol. The molecular formula is C9H18BrNO. The molecule has 0 aromatic carbocycles. The van der Waals surface area contributed by atoms with Crippen LogP contribution in [0, 0.1) is 5.92 Å². The summed E-state index contributed by atoms with van der Waals surface area (Å²) >= 11 is 0. The predicted octanol–water partition coefficient (Wildman–Crippen LogP) is 2.23. The van der Waals surface area contributed by atoms with Crippen LogP contribution in [0.2, 0.25) is 0 Å². The van der Waals surface area contributed by atoms with E-state index >= 15 is 0 Å². The highest BCUT2D eigenvalue weighted by Crippen LogP contribution is 2.31. The fourth-order valence-corrected chi connectivity index (χ4v) is 1.51. The van der Waals surface area contributed by atoms with Gasteiger partial charge in [-0.05, 0) is 26.2 Å². The van der Waals surface area contributed by atoms with Crippen LogP contribution in [-0.2, 0) is 4.79 Å². The molecule has 1 aliphatic heterocycles. The Hall–Kier alpha value is -0.0500. The van der Waals surface area contributed by atoms with Crippen molar-refractivity contribution in [3.8, 4) is 0 Å². The number of piperidine rings is 1. The molecule has 1 unspecified atom stereocenters. The molecule has 0 aromatic heterocycles. The smallest absolute Gasteiger partial charge is 0.222 e. The molecule has 1 saturated heterocycles. The Balaban J connectivity index is 0.00000121. The average Bonchev–Trinajstić information content (AvgIpc) is 1.95. The van der Waals surface area contributed by atoms with Crippen molar-refractivity contribution in [3.63, 3.8) is 0 Å². The molecule has 0 spiro atoms. The molecule has 3 heteroatoms. The van der Waals surface area contributed by atoms with Gasteiger partial charge in [0, 0.05) is 19.0 Å². The Morgan fingerprint density at radius 3 is 2.42 bits per heavy atom. The van der Waals surface area contributed by atoms with Gasteiger partial charge in [0.15, 0.2) is 0 Å². The molecule has 1 fully saturated rings. The highest BCUT2D eigenvalue weighted by molar-refractivity contribution is 8.93. The zero-order valence-corrected chi connectivity index (χ0v) is 9.97. The Bertz CT molecular complexity index is 179. The lowest BCUT2D eigenvalue weighted by molar-refractivity contribution is -0.141. The van der Waals surface area contributed by atoms with Crippen LogP contribution in [0.4, 0.5) is 0 Å². The minimum absolute atomic E-state index is 0. The highest BCUT2D eigenvalue weighted by Gasteiger charge is 2.37. The van der Waals surface area contributed by atoms with Crippen LogP contribution in [-0.4, -0.2) is 23.4 Å². The summed E-state index contributed by atoms with van der Waals surface area (Å²) in [6, 6.07) is 0. The van der Waals surface area contributed by atoms with Crippen LogP contribution in [0.1, 0.15) is 33.6 Å². The Kier molecular flexibility index (Phi) is 3.76. The molecule has 0 radical (unpaired) electrons. The second-order valence-corrected chi connectivity index (χ2v) is 4.05. The van der Waals surface area contributed by atoms with Crippen LogP contribution < -0.4 is 0 Å². The number of halogens is 1. The lowest BCUT2D eigenvalue weighted by atomic mass is 9.80. The molecule has 1 rings (SSSR count). The van der Waals surface area contributed by atoms with Crippen molar-refractivity contribution in [2.24, 2.45) is 5.92 Å². The van der Waals surface area contributed by atoms with Gasteiger partial charge in [-0.2, -0.15) is 0 Å². The van der Waals surface area contributed by atoms with Gasteiger partial charge in [-0.25, -0.2) is 0 Å². The number of carbonyl (C=O) groups is 1. The lowest BCUT2D eigenvalue weighted by Gasteiger charge is -2.44. The summed E-state index contributed by atoms with van der Waals surface area (Å²) in [6.45, 7) is 6.48. The van der Waals surface area contributed by atoms with E-state index in [1.54, 1.807) is 0 Å². The van der Waals surface area contributed by atoms with E-state index in [4.69, 9.17) is 0 Å². The van der Waals surface area contributed by atoms with Gasteiger partial charge in [0.1, 0.15) is 0 Å². The third kappa shape index (κ3) is 1.82. The van der Waals surface area contributed by atoms with Crippen LogP contribution in [0.25, 0.3) is 0 Å². The van der Waals surface area contributed by atoms with Gasteiger partial charge in [-0.1, -0.05) is 6.92 Å². The van der Waals surface area contributed by atoms with Crippen LogP contribution in [0.3, 0.4) is 0 Å². The van der Waals surface area contributed by atoms with Crippen molar-refractivity contribution in [2.75, 3.05) is 7.05 Å². The van der Waals surface area contributed by atoms with Gasteiger partial charge in [-0.3, -0.25) is 4.79 Å². The van der Waals surface area contributed by atoms with E-state index in [-0.39, 0.29) is 28.4 Å². The number of hydrogen-bond acceptors (Lipinski definition) is 1. The van der Waals surface area contributed by atoms with Crippen LogP contribution >= 0.6 is 17.0 Å². The first kappa shape index (κ1) is 11.9. The largest absolute Gasteiger partial charge is 0.340 e. The Morgan fingerprint density at radius 1 is 1.50 bits per heavy atom. The van der Waals surface area contributed by atoms with E-state index < -0.39 is 0 Å². The average molecular weight is 236 g/mol. The molecule has 72 valence electrons. The topological polar surface area (TPSA) is 20.3 Å². The van der Waals surface area contributed by atoms with Gasteiger partial charge < -0.3 is 4.90 Å². The zero-order chi connectivity index (χ0) is 8.65. The van der Waals surface area contributed by atoms with Crippen molar-refractivity contribution in [1.29, 1.82) is 0 Å². The molecule has 2 nitrogen and oxygen atoms in total. The molecule has 1 aliphatic rings. The molecule has 0 aliphatic carbocycles. The predicted molar refractivity (Wildman–Crippen MR) is 55.6 cm³/mol. The molecule has 0 aromatic rings. The number of nitrogens with zero attached hydrogens (tertiary/aromatic N) is 1. The number of likely N-dealkylation sites (tertiary alicyclic amines) is 1. The minimum Gasteiger partial charge on any atom is -0.340 e. The fraction of sp³-hybridized carbons (Fsp3) is 0.889. The second-order valence-electron chi connectivity index (χ2n) is 4.05. The van der Waals surface area contributed by atoms with E-state index in [2.05, 4.69) is 20.8 Å². The fourth-order valence-electron chi connectivity index (χ4n) is 1.51. The van der Waals surface area contributed by atoms with Gasteiger partial charge in [0.25, 0.3) is 0 Å². The molecule has 0 bridgehead atoms. The van der Waals surface area contributed by atoms with Gasteiger partial charge >= 0.3 is 0 Å². The monoisotopic (exact) mass is 235 g/mol. The first-order valence-corrected chi connectivity index (χ1v) is 4.23. The third-order valence-electron chi connectivity index (χ3n) is 3.24. The molecule has 0 saturated carbocycles. The van der Waals surface area contributed by atoms with Crippen molar-refractivity contribution < 1.29 is 4.79 Å². The van der Waals surface area contributed by atoms with E-state index in [1.807, 2.05) is 11.9 Å². The Morgan fingerprint density at radius 2 is 2.00 bits per heavy atom. The quantitative estimate of drug-likeness (QED) is 0.631. The summed E-state index contributed by atoms with van der Waals surface area (Å²) in [4.78, 5) is 13.2. The maximum Gasteiger partial charge on any atom is 0.222 e. The SMILES string of the molecule is Br.CC1CCC(=O)N(C)C1(C)C. The number of hydrogen-bond donors (Lipinski definition) is 0. The molecule has 1 heterocycles. The minimum atomic E-state index is 0. The lowest BCUT2D eigenvalue weighted by Crippen LogP contribution is -2.52. The van der Waals surface area contributed by atoms with Crippen molar-refractivity contribution in [1.82, 2.24) is 4.90 Å². The molecule has 1 atom stereocenters. The Labute approximate surface area is 85.1 Å². The van der Waals surface area contributed by atoms with Crippen LogP contribution in [0.5, 0.6) is 0 Å². The summed E-state index contributed by atoms with van der Waals surface area (Å²) in [5.41, 5.74) is 0.0509. The van der Waals surface area contributed by atoms with Crippen molar-refractivity contribution in [3.05, 3.63) is 0 Å². The van der Waals surface area contributed by atoms with Crippen LogP contribution in [0.15, 0.2) is 0 Å². The summed E-state index contributed by atoms with van der Waals surface area (Å²) in [6.07, 6.45) is 1.76. The number of rotatable bonds is 0. The molecule has 12 heavy (non-hydrogen) atoms. The standard InChI is InChI=1S/C9H17NO.BrH/c1-7-5-6-8(11)10(4)9(7,2)3;/h7H,5-6H2,1-4H3;1H. The molecule has 1 amide bonds. The van der Waals surface area contributed by atoms with E-state index in [9.17, 15) is 4.79 Å². The first-order chi connectivity index (χ1) is 4.96. The zero-order valence-electron chi connectivity index (χ0n) is 8.26. The summed E-state index contributed by atoms with van der Waals surface area (Å²) in [5, 5.41) is 0. The van der Waals surface area contributed by atoms with Gasteiger partial charge in [-0.15, -0.1) is 17.0 Å². The summed E-state index contributed by atoms with van der Waals surface area (Å²) in [5.74, 6) is 0.901. The van der Waals surface area contributed by atoms with E-state index in [0.29, 0.717) is 5.92 Å². The summed E-state index contributed by atoms with van der Waals surface area (Å²) < 4.78 is 0. The first-order valence-electron chi connectivity index (χ1n) is 4.23. The highest BCUT2D eigenvalue weighted by atomic mass is 79.9. The maximum absolute atomic E-state index is 11.3. The van der Waals surface area contributed by atoms with E-state index in [0.717, 1.165) is 12.8 Å². The summed E-state index contributed by atoms with van der Waals surface area (Å²) in [7, 11) is 1.90. The normalized spacial score (nSPS) is 28.2. The molecule has 0 N–H and O–H groups in total. The maximum atomic E-state index is 11.3. The van der Waals surface area contributed by atoms with Crippen molar-refractivity contribution >= 4 is 22.9 Å².